The van der Waals surface area contributed by atoms with Gasteiger partial charge < -0.3 is 10.4 Å². The van der Waals surface area contributed by atoms with E-state index < -0.39 is 21.5 Å². The average Bonchev–Trinajstić information content (AvgIpc) is 2.54. The third-order valence-corrected chi connectivity index (χ3v) is 4.56. The molecule has 0 aromatic heterocycles. The van der Waals surface area contributed by atoms with Gasteiger partial charge in [-0.15, -0.1) is 0 Å². The number of rotatable bonds is 5. The quantitative estimate of drug-likeness (QED) is 0.600. The predicted octanol–water partition coefficient (Wildman–Crippen LogP) is 0.361. The van der Waals surface area contributed by atoms with Crippen molar-refractivity contribution < 1.29 is 20.9 Å². The molecule has 22 heavy (non-hydrogen) atoms. The zero-order chi connectivity index (χ0) is 16.4. The molecule has 2 rings (SSSR count). The zero-order valence-electron chi connectivity index (χ0n) is 12.5. The smallest absolute Gasteiger partial charge is 0.212 e. The maximum atomic E-state index is 12.1. The van der Waals surface area contributed by atoms with Gasteiger partial charge in [0, 0.05) is 25.0 Å². The van der Waals surface area contributed by atoms with Crippen LogP contribution in [0, 0.1) is 10.4 Å². The van der Waals surface area contributed by atoms with E-state index in [0.29, 0.717) is 11.1 Å². The lowest BCUT2D eigenvalue weighted by molar-refractivity contribution is -1.17. The van der Waals surface area contributed by atoms with Gasteiger partial charge in [-0.25, -0.2) is 20.9 Å². The van der Waals surface area contributed by atoms with E-state index in [1.807, 2.05) is 0 Å². The molecule has 6 nitrogen and oxygen atoms in total. The van der Waals surface area contributed by atoms with Gasteiger partial charge in [-0.05, 0) is 0 Å². The van der Waals surface area contributed by atoms with Crippen LogP contribution in [0.25, 0.3) is 0 Å². The lowest BCUT2D eigenvalue weighted by atomic mass is 9.71. The van der Waals surface area contributed by atoms with Crippen LogP contribution in [0.1, 0.15) is 25.0 Å². The summed E-state index contributed by atoms with van der Waals surface area (Å²) in [5.74, 6) is 0. The van der Waals surface area contributed by atoms with Gasteiger partial charge in [0.2, 0.25) is 11.1 Å². The van der Waals surface area contributed by atoms with Gasteiger partial charge >= 0.3 is 0 Å². The van der Waals surface area contributed by atoms with Gasteiger partial charge in [0.25, 0.3) is 0 Å². The lowest BCUT2D eigenvalue weighted by Crippen LogP contribution is -3.25. The summed E-state index contributed by atoms with van der Waals surface area (Å²) in [7, 11) is 0. The van der Waals surface area contributed by atoms with E-state index in [2.05, 4.69) is 0 Å². The zero-order valence-corrected chi connectivity index (χ0v) is 12.5. The molecule has 0 aliphatic rings. The second kappa shape index (κ2) is 6.13. The molecule has 4 N–H and O–H groups in total. The Balaban J connectivity index is 2.72. The van der Waals surface area contributed by atoms with Crippen LogP contribution in [0.15, 0.2) is 60.7 Å². The van der Waals surface area contributed by atoms with Gasteiger partial charge in [-0.2, -0.15) is 0 Å². The summed E-state index contributed by atoms with van der Waals surface area (Å²) in [4.78, 5) is 0. The van der Waals surface area contributed by atoms with Gasteiger partial charge in [-0.1, -0.05) is 60.7 Å². The summed E-state index contributed by atoms with van der Waals surface area (Å²) in [6.45, 7) is 2.93. The van der Waals surface area contributed by atoms with Crippen molar-refractivity contribution in [3.63, 3.8) is 0 Å². The Bertz CT molecular complexity index is 551. The van der Waals surface area contributed by atoms with E-state index in [1.165, 1.54) is 13.8 Å². The number of benzene rings is 2. The molecule has 0 saturated heterocycles. The van der Waals surface area contributed by atoms with Crippen molar-refractivity contribution >= 4 is 0 Å². The van der Waals surface area contributed by atoms with E-state index in [9.17, 15) is 20.8 Å². The lowest BCUT2D eigenvalue weighted by Gasteiger charge is -2.49. The van der Waals surface area contributed by atoms with Crippen LogP contribution >= 0.6 is 0 Å². The van der Waals surface area contributed by atoms with Crippen LogP contribution < -0.4 is 10.5 Å². The Morgan fingerprint density at radius 3 is 1.18 bits per heavy atom. The van der Waals surface area contributed by atoms with Gasteiger partial charge in [-0.3, -0.25) is 0 Å². The minimum Gasteiger partial charge on any atom is -0.599 e. The second-order valence-corrected chi connectivity index (χ2v) is 5.59. The molecular weight excluding hydrogens is 284 g/mol. The third-order valence-electron chi connectivity index (χ3n) is 4.56. The van der Waals surface area contributed by atoms with Crippen molar-refractivity contribution in [1.82, 2.24) is 0 Å². The Labute approximate surface area is 128 Å². The fourth-order valence-electron chi connectivity index (χ4n) is 2.80. The van der Waals surface area contributed by atoms with Gasteiger partial charge in [0.05, 0.1) is 0 Å². The van der Waals surface area contributed by atoms with E-state index in [1.54, 1.807) is 60.7 Å². The Morgan fingerprint density at radius 1 is 0.682 bits per heavy atom. The molecule has 0 bridgehead atoms. The van der Waals surface area contributed by atoms with Crippen molar-refractivity contribution in [2.45, 2.75) is 24.9 Å². The molecule has 2 aromatic rings. The van der Waals surface area contributed by atoms with E-state index in [4.69, 9.17) is 0 Å². The van der Waals surface area contributed by atoms with Crippen LogP contribution in [-0.2, 0) is 11.1 Å². The highest BCUT2D eigenvalue weighted by Crippen LogP contribution is 2.35. The fourth-order valence-corrected chi connectivity index (χ4v) is 2.80. The molecule has 4 atom stereocenters. The van der Waals surface area contributed by atoms with Crippen LogP contribution in [0.4, 0.5) is 0 Å². The summed E-state index contributed by atoms with van der Waals surface area (Å²) < 4.78 is 0. The summed E-state index contributed by atoms with van der Waals surface area (Å²) in [5, 5.41) is 41.6. The first kappa shape index (κ1) is 16.6. The molecule has 0 spiro atoms. The minimum atomic E-state index is -1.61. The normalized spacial score (nSPS) is 19.7. The molecule has 0 amide bonds. The summed E-state index contributed by atoms with van der Waals surface area (Å²) in [5.41, 5.74) is -2.31. The maximum absolute atomic E-state index is 12.1. The molecule has 0 saturated carbocycles. The first-order valence-corrected chi connectivity index (χ1v) is 6.93. The number of hydrogen-bond donors (Lipinski definition) is 4. The van der Waals surface area contributed by atoms with Crippen molar-refractivity contribution in [3.05, 3.63) is 82.2 Å². The molecule has 6 heteroatoms. The predicted molar refractivity (Wildman–Crippen MR) is 79.8 cm³/mol. The van der Waals surface area contributed by atoms with Gasteiger partial charge in [0.1, 0.15) is 0 Å². The number of hydrogen-bond acceptors (Lipinski definition) is 4. The molecule has 0 fully saturated rings. The summed E-state index contributed by atoms with van der Waals surface area (Å²) >= 11 is 0. The van der Waals surface area contributed by atoms with Crippen LogP contribution in [-0.4, -0.2) is 10.4 Å². The molecule has 0 radical (unpaired) electrons. The number of quaternary nitrogens is 2. The Morgan fingerprint density at radius 2 is 0.955 bits per heavy atom. The average molecular weight is 304 g/mol. The van der Waals surface area contributed by atoms with Crippen LogP contribution in [0.5, 0.6) is 0 Å². The summed E-state index contributed by atoms with van der Waals surface area (Å²) in [6, 6.07) is 17.0. The Kier molecular flexibility index (Phi) is 4.62. The number of nitrogens with one attached hydrogen (secondary N) is 2. The Hall–Kier alpha value is -1.80. The van der Waals surface area contributed by atoms with Crippen molar-refractivity contribution in [3.8, 4) is 0 Å². The SMILES string of the molecule is C[C@](c1ccccc1)([NH+]([O-])O)[C@@](C)(c1ccccc1)[NH+]([O-])O. The molecule has 2 aromatic carbocycles. The third kappa shape index (κ3) is 2.42. The fraction of sp³-hybridized carbons (Fsp3) is 0.250. The largest absolute Gasteiger partial charge is 0.599 e. The molecule has 0 aliphatic heterocycles. The van der Waals surface area contributed by atoms with Crippen LogP contribution in [0.3, 0.4) is 0 Å². The first-order valence-electron chi connectivity index (χ1n) is 6.93. The minimum absolute atomic E-state index is 0.455. The highest BCUT2D eigenvalue weighted by Gasteiger charge is 2.59. The molecular formula is C16H20N2O4. The van der Waals surface area contributed by atoms with E-state index in [0.717, 1.165) is 0 Å². The molecule has 118 valence electrons. The van der Waals surface area contributed by atoms with Crippen molar-refractivity contribution in [2.24, 2.45) is 0 Å². The molecule has 0 heterocycles. The summed E-state index contributed by atoms with van der Waals surface area (Å²) in [6.07, 6.45) is 0. The maximum Gasteiger partial charge on any atom is 0.212 e. The topological polar surface area (TPSA) is 95.5 Å². The second-order valence-electron chi connectivity index (χ2n) is 5.59. The van der Waals surface area contributed by atoms with Gasteiger partial charge in [0.15, 0.2) is 0 Å². The van der Waals surface area contributed by atoms with Crippen molar-refractivity contribution in [2.75, 3.05) is 0 Å². The van der Waals surface area contributed by atoms with Crippen LogP contribution in [0.2, 0.25) is 0 Å². The molecule has 0 aliphatic carbocycles. The monoisotopic (exact) mass is 304 g/mol. The number of hydroxylamine groups is 4. The molecule has 2 unspecified atom stereocenters. The highest BCUT2D eigenvalue weighted by atomic mass is 16.8. The van der Waals surface area contributed by atoms with E-state index >= 15 is 0 Å². The standard InChI is InChI=1S/C16H20N2O4/c1-15(17(19)20,13-9-5-3-6-10-13)16(2,18(21)22)14-11-7-4-8-12-14/h3-12,17-19,21H,1-2H3/t15-,16-/m1/s1. The first-order chi connectivity index (χ1) is 10.3. The highest BCUT2D eigenvalue weighted by molar-refractivity contribution is 5.32. The van der Waals surface area contributed by atoms with E-state index in [-0.39, 0.29) is 0 Å². The van der Waals surface area contributed by atoms with Crippen molar-refractivity contribution in [1.29, 1.82) is 0 Å².